The highest BCUT2D eigenvalue weighted by Crippen LogP contribution is 1.98. The fraction of sp³-hybridized carbons (Fsp3) is 0.500. The third-order valence-electron chi connectivity index (χ3n) is 2.57. The first-order valence-corrected chi connectivity index (χ1v) is 6.03. The van der Waals surface area contributed by atoms with E-state index in [0.717, 1.165) is 38.8 Å². The fourth-order valence-corrected chi connectivity index (χ4v) is 1.63. The summed E-state index contributed by atoms with van der Waals surface area (Å²) in [6.07, 6.45) is 3.90. The van der Waals surface area contributed by atoms with E-state index in [1.807, 2.05) is 6.07 Å². The number of hydrogen-bond acceptors (Lipinski definition) is 2. The molecule has 1 aromatic rings. The van der Waals surface area contributed by atoms with Crippen molar-refractivity contribution in [3.05, 3.63) is 35.9 Å². The van der Waals surface area contributed by atoms with Gasteiger partial charge in [-0.05, 0) is 44.8 Å². The second-order valence-electron chi connectivity index (χ2n) is 4.14. The van der Waals surface area contributed by atoms with Crippen molar-refractivity contribution in [2.75, 3.05) is 13.1 Å². The number of ketones is 1. The summed E-state index contributed by atoms with van der Waals surface area (Å²) < 4.78 is 0. The number of Topliss-reactive ketones (excluding diaryl/α,β-unsaturated/α-hetero) is 1. The molecule has 0 amide bonds. The topological polar surface area (TPSA) is 29.1 Å². The van der Waals surface area contributed by atoms with E-state index in [0.29, 0.717) is 5.78 Å². The lowest BCUT2D eigenvalue weighted by molar-refractivity contribution is -0.117. The molecule has 0 fully saturated rings. The molecule has 0 atom stereocenters. The van der Waals surface area contributed by atoms with Crippen LogP contribution in [-0.4, -0.2) is 18.9 Å². The fourth-order valence-electron chi connectivity index (χ4n) is 1.63. The summed E-state index contributed by atoms with van der Waals surface area (Å²) in [5.41, 5.74) is 1.37. The van der Waals surface area contributed by atoms with Crippen LogP contribution >= 0.6 is 0 Å². The number of unbranched alkanes of at least 4 members (excludes halogenated alkanes) is 1. The maximum absolute atomic E-state index is 10.7. The van der Waals surface area contributed by atoms with Crippen molar-refractivity contribution in [3.8, 4) is 0 Å². The van der Waals surface area contributed by atoms with Crippen molar-refractivity contribution in [1.29, 1.82) is 0 Å². The van der Waals surface area contributed by atoms with Gasteiger partial charge in [0.05, 0.1) is 0 Å². The van der Waals surface area contributed by atoms with Gasteiger partial charge in [0, 0.05) is 6.42 Å². The highest BCUT2D eigenvalue weighted by atomic mass is 16.1. The molecule has 0 saturated carbocycles. The number of rotatable bonds is 8. The van der Waals surface area contributed by atoms with Gasteiger partial charge in [-0.3, -0.25) is 0 Å². The Morgan fingerprint density at radius 3 is 2.56 bits per heavy atom. The lowest BCUT2D eigenvalue weighted by Gasteiger charge is -2.04. The van der Waals surface area contributed by atoms with Crippen LogP contribution in [0.2, 0.25) is 0 Å². The molecule has 1 aromatic carbocycles. The predicted octanol–water partition coefficient (Wildman–Crippen LogP) is 2.58. The van der Waals surface area contributed by atoms with Crippen LogP contribution in [0.15, 0.2) is 30.3 Å². The van der Waals surface area contributed by atoms with E-state index in [4.69, 9.17) is 0 Å². The summed E-state index contributed by atoms with van der Waals surface area (Å²) in [6, 6.07) is 10.5. The van der Waals surface area contributed by atoms with Crippen molar-refractivity contribution in [2.24, 2.45) is 0 Å². The third kappa shape index (κ3) is 6.36. The molecule has 1 N–H and O–H groups in total. The minimum Gasteiger partial charge on any atom is -0.316 e. The van der Waals surface area contributed by atoms with Crippen LogP contribution in [0.1, 0.15) is 31.7 Å². The van der Waals surface area contributed by atoms with E-state index < -0.39 is 0 Å². The van der Waals surface area contributed by atoms with Gasteiger partial charge in [0.2, 0.25) is 0 Å². The molecule has 2 nitrogen and oxygen atoms in total. The molecule has 0 heterocycles. The molecule has 0 spiro atoms. The summed E-state index contributed by atoms with van der Waals surface area (Å²) in [6.45, 7) is 3.69. The minimum atomic E-state index is 0.296. The molecular weight excluding hydrogens is 198 g/mol. The second kappa shape index (κ2) is 8.05. The maximum Gasteiger partial charge on any atom is 0.129 e. The van der Waals surface area contributed by atoms with Crippen LogP contribution in [0, 0.1) is 0 Å². The number of carbonyl (C=O) groups excluding carboxylic acids is 1. The van der Waals surface area contributed by atoms with E-state index >= 15 is 0 Å². The average molecular weight is 219 g/mol. The Balaban J connectivity index is 1.94. The maximum atomic E-state index is 10.7. The molecule has 2 heteroatoms. The molecule has 0 aliphatic rings. The Morgan fingerprint density at radius 2 is 1.88 bits per heavy atom. The zero-order valence-corrected chi connectivity index (χ0v) is 10.0. The molecule has 0 unspecified atom stereocenters. The van der Waals surface area contributed by atoms with Gasteiger partial charge in [-0.2, -0.15) is 0 Å². The molecule has 1 rings (SSSR count). The number of carbonyl (C=O) groups is 1. The number of benzene rings is 1. The molecule has 88 valence electrons. The highest BCUT2D eigenvalue weighted by Gasteiger charge is 1.94. The Kier molecular flexibility index (Phi) is 6.50. The number of nitrogens with one attached hydrogen (secondary N) is 1. The molecule has 0 bridgehead atoms. The summed E-state index contributed by atoms with van der Waals surface area (Å²) >= 11 is 0. The Hall–Kier alpha value is -1.15. The van der Waals surface area contributed by atoms with Crippen LogP contribution in [0.3, 0.4) is 0 Å². The summed E-state index contributed by atoms with van der Waals surface area (Å²) in [5.74, 6) is 0.296. The van der Waals surface area contributed by atoms with E-state index in [9.17, 15) is 4.79 Å². The van der Waals surface area contributed by atoms with E-state index in [2.05, 4.69) is 29.6 Å². The minimum absolute atomic E-state index is 0.296. The van der Waals surface area contributed by atoms with Gasteiger partial charge in [0.25, 0.3) is 0 Å². The van der Waals surface area contributed by atoms with Crippen LogP contribution in [0.4, 0.5) is 0 Å². The van der Waals surface area contributed by atoms with Crippen LogP contribution in [0.5, 0.6) is 0 Å². The third-order valence-corrected chi connectivity index (χ3v) is 2.57. The number of hydrogen-bond donors (Lipinski definition) is 1. The standard InChI is InChI=1S/C14H21NO/c1-13(16)7-5-6-11-15-12-10-14-8-3-2-4-9-14/h2-4,8-9,15H,5-7,10-12H2,1H3. The largest absolute Gasteiger partial charge is 0.316 e. The first kappa shape index (κ1) is 12.9. The quantitative estimate of drug-likeness (QED) is 0.681. The van der Waals surface area contributed by atoms with Crippen molar-refractivity contribution in [2.45, 2.75) is 32.6 Å². The molecule has 0 aliphatic carbocycles. The van der Waals surface area contributed by atoms with Gasteiger partial charge in [0.15, 0.2) is 0 Å². The smallest absolute Gasteiger partial charge is 0.129 e. The van der Waals surface area contributed by atoms with E-state index in [1.54, 1.807) is 6.92 Å². The lowest BCUT2D eigenvalue weighted by Crippen LogP contribution is -2.18. The summed E-state index contributed by atoms with van der Waals surface area (Å²) in [4.78, 5) is 10.7. The van der Waals surface area contributed by atoms with Gasteiger partial charge in [0.1, 0.15) is 5.78 Å². The highest BCUT2D eigenvalue weighted by molar-refractivity contribution is 5.75. The van der Waals surface area contributed by atoms with Gasteiger partial charge < -0.3 is 10.1 Å². The normalized spacial score (nSPS) is 10.3. The first-order chi connectivity index (χ1) is 7.79. The Morgan fingerprint density at radius 1 is 1.12 bits per heavy atom. The van der Waals surface area contributed by atoms with Gasteiger partial charge in [-0.1, -0.05) is 30.3 Å². The molecule has 16 heavy (non-hydrogen) atoms. The zero-order valence-electron chi connectivity index (χ0n) is 10.0. The van der Waals surface area contributed by atoms with Gasteiger partial charge >= 0.3 is 0 Å². The second-order valence-corrected chi connectivity index (χ2v) is 4.14. The molecular formula is C14H21NO. The summed E-state index contributed by atoms with van der Waals surface area (Å²) in [5, 5.41) is 3.40. The monoisotopic (exact) mass is 219 g/mol. The van der Waals surface area contributed by atoms with Crippen LogP contribution < -0.4 is 5.32 Å². The lowest BCUT2D eigenvalue weighted by atomic mass is 10.1. The molecule has 0 aromatic heterocycles. The molecule has 0 saturated heterocycles. The average Bonchev–Trinajstić information content (AvgIpc) is 2.29. The van der Waals surface area contributed by atoms with Crippen LogP contribution in [-0.2, 0) is 11.2 Å². The molecule has 0 radical (unpaired) electrons. The zero-order chi connectivity index (χ0) is 11.6. The van der Waals surface area contributed by atoms with E-state index in [-0.39, 0.29) is 0 Å². The van der Waals surface area contributed by atoms with Crippen molar-refractivity contribution in [3.63, 3.8) is 0 Å². The van der Waals surface area contributed by atoms with E-state index in [1.165, 1.54) is 5.56 Å². The van der Waals surface area contributed by atoms with Gasteiger partial charge in [-0.25, -0.2) is 0 Å². The van der Waals surface area contributed by atoms with Crippen LogP contribution in [0.25, 0.3) is 0 Å². The Labute approximate surface area is 98.1 Å². The Bertz CT molecular complexity index is 295. The van der Waals surface area contributed by atoms with Gasteiger partial charge in [-0.15, -0.1) is 0 Å². The van der Waals surface area contributed by atoms with Crippen molar-refractivity contribution in [1.82, 2.24) is 5.32 Å². The predicted molar refractivity (Wildman–Crippen MR) is 67.5 cm³/mol. The van der Waals surface area contributed by atoms with Crippen molar-refractivity contribution >= 4 is 5.78 Å². The molecule has 0 aliphatic heterocycles. The summed E-state index contributed by atoms with van der Waals surface area (Å²) in [7, 11) is 0. The SMILES string of the molecule is CC(=O)CCCCNCCc1ccccc1. The first-order valence-electron chi connectivity index (χ1n) is 6.03. The van der Waals surface area contributed by atoms with Crippen molar-refractivity contribution < 1.29 is 4.79 Å².